The molecule has 1 fully saturated rings. The Balaban J connectivity index is 1.78. The van der Waals surface area contributed by atoms with Crippen LogP contribution in [0, 0.1) is 0 Å². The van der Waals surface area contributed by atoms with E-state index < -0.39 is 0 Å². The van der Waals surface area contributed by atoms with Crippen molar-refractivity contribution in [1.29, 1.82) is 0 Å². The lowest BCUT2D eigenvalue weighted by Gasteiger charge is -2.02. The minimum absolute atomic E-state index is 0.271. The highest BCUT2D eigenvalue weighted by atomic mass is 32.1. The smallest absolute Gasteiger partial charge is 0.338 e. The zero-order chi connectivity index (χ0) is 17.1. The van der Waals surface area contributed by atoms with E-state index in [4.69, 9.17) is 21.4 Å². The van der Waals surface area contributed by atoms with Gasteiger partial charge in [0.15, 0.2) is 5.11 Å². The Bertz CT molecular complexity index is 837. The SMILES string of the molecule is CCOC(=O)c1ccc(-c2ccc(/C=C3\NC(=S)NC3=O)o2)cc1. The Hall–Kier alpha value is -2.93. The highest BCUT2D eigenvalue weighted by molar-refractivity contribution is 7.80. The summed E-state index contributed by atoms with van der Waals surface area (Å²) in [6.07, 6.45) is 1.57. The molecule has 122 valence electrons. The van der Waals surface area contributed by atoms with Gasteiger partial charge < -0.3 is 14.5 Å². The molecule has 0 bridgehead atoms. The number of benzene rings is 1. The largest absolute Gasteiger partial charge is 0.462 e. The molecule has 0 unspecified atom stereocenters. The van der Waals surface area contributed by atoms with Gasteiger partial charge in [-0.25, -0.2) is 4.79 Å². The summed E-state index contributed by atoms with van der Waals surface area (Å²) in [7, 11) is 0. The van der Waals surface area contributed by atoms with Gasteiger partial charge >= 0.3 is 5.97 Å². The van der Waals surface area contributed by atoms with Crippen LogP contribution in [0.2, 0.25) is 0 Å². The van der Waals surface area contributed by atoms with Gasteiger partial charge in [-0.1, -0.05) is 12.1 Å². The van der Waals surface area contributed by atoms with E-state index in [1.54, 1.807) is 49.4 Å². The molecule has 1 aromatic carbocycles. The number of thiocarbonyl (C=S) groups is 1. The van der Waals surface area contributed by atoms with Gasteiger partial charge in [0.1, 0.15) is 17.2 Å². The zero-order valence-electron chi connectivity index (χ0n) is 12.8. The van der Waals surface area contributed by atoms with E-state index in [2.05, 4.69) is 10.6 Å². The van der Waals surface area contributed by atoms with E-state index in [0.717, 1.165) is 5.56 Å². The predicted octanol–water partition coefficient (Wildman–Crippen LogP) is 2.47. The normalized spacial score (nSPS) is 15.3. The molecule has 3 rings (SSSR count). The first kappa shape index (κ1) is 15.9. The molecule has 1 saturated heterocycles. The Morgan fingerprint density at radius 1 is 1.21 bits per heavy atom. The summed E-state index contributed by atoms with van der Waals surface area (Å²) in [6.45, 7) is 2.10. The molecule has 0 saturated carbocycles. The maximum Gasteiger partial charge on any atom is 0.338 e. The topological polar surface area (TPSA) is 80.6 Å². The lowest BCUT2D eigenvalue weighted by atomic mass is 10.1. The molecule has 0 radical (unpaired) electrons. The molecule has 24 heavy (non-hydrogen) atoms. The van der Waals surface area contributed by atoms with Gasteiger partial charge in [-0.2, -0.15) is 0 Å². The molecule has 1 aliphatic heterocycles. The molecule has 6 nitrogen and oxygen atoms in total. The standard InChI is InChI=1S/C17H14N2O4S/c1-2-22-16(21)11-5-3-10(4-6-11)14-8-7-12(23-14)9-13-15(20)19-17(24)18-13/h3-9H,2H2,1H3,(H2,18,19,20,24)/b13-9-. The van der Waals surface area contributed by atoms with Gasteiger partial charge in [0.25, 0.3) is 5.91 Å². The molecule has 2 N–H and O–H groups in total. The molecular weight excluding hydrogens is 328 g/mol. The number of rotatable bonds is 4. The first-order valence-corrected chi connectivity index (χ1v) is 7.69. The zero-order valence-corrected chi connectivity index (χ0v) is 13.6. The third-order valence-electron chi connectivity index (χ3n) is 3.31. The average Bonchev–Trinajstić information content (AvgIpc) is 3.15. The summed E-state index contributed by atoms with van der Waals surface area (Å²) in [6, 6.07) is 10.4. The van der Waals surface area contributed by atoms with Crippen molar-refractivity contribution < 1.29 is 18.7 Å². The van der Waals surface area contributed by atoms with Crippen LogP contribution in [0.15, 0.2) is 46.5 Å². The van der Waals surface area contributed by atoms with Crippen molar-refractivity contribution >= 4 is 35.3 Å². The number of furan rings is 1. The van der Waals surface area contributed by atoms with Gasteiger partial charge in [-0.05, 0) is 43.4 Å². The van der Waals surface area contributed by atoms with Gasteiger partial charge in [0, 0.05) is 11.6 Å². The number of hydrogen-bond donors (Lipinski definition) is 2. The van der Waals surface area contributed by atoms with Crippen LogP contribution in [0.4, 0.5) is 0 Å². The van der Waals surface area contributed by atoms with Crippen molar-refractivity contribution in [3.05, 3.63) is 53.4 Å². The molecule has 2 heterocycles. The van der Waals surface area contributed by atoms with Gasteiger partial charge in [0.2, 0.25) is 0 Å². The Labute approximate surface area is 143 Å². The fourth-order valence-corrected chi connectivity index (χ4v) is 2.40. The second-order valence-electron chi connectivity index (χ2n) is 4.97. The van der Waals surface area contributed by atoms with Crippen LogP contribution in [0.25, 0.3) is 17.4 Å². The summed E-state index contributed by atoms with van der Waals surface area (Å²) >= 11 is 4.87. The number of carbonyl (C=O) groups is 2. The van der Waals surface area contributed by atoms with E-state index in [1.165, 1.54) is 0 Å². The number of carbonyl (C=O) groups excluding carboxylic acids is 2. The number of ether oxygens (including phenoxy) is 1. The van der Waals surface area contributed by atoms with Crippen molar-refractivity contribution in [2.45, 2.75) is 6.92 Å². The second-order valence-corrected chi connectivity index (χ2v) is 5.37. The molecule has 0 aliphatic carbocycles. The first-order valence-electron chi connectivity index (χ1n) is 7.28. The van der Waals surface area contributed by atoms with Crippen molar-refractivity contribution in [1.82, 2.24) is 10.6 Å². The number of amides is 1. The van der Waals surface area contributed by atoms with Crippen LogP contribution in [-0.2, 0) is 9.53 Å². The fraction of sp³-hybridized carbons (Fsp3) is 0.118. The van der Waals surface area contributed by atoms with Gasteiger partial charge in [-0.3, -0.25) is 10.1 Å². The number of hydrogen-bond acceptors (Lipinski definition) is 5. The van der Waals surface area contributed by atoms with Crippen LogP contribution in [0.1, 0.15) is 23.0 Å². The summed E-state index contributed by atoms with van der Waals surface area (Å²) < 4.78 is 10.7. The summed E-state index contributed by atoms with van der Waals surface area (Å²) in [4.78, 5) is 23.2. The fourth-order valence-electron chi connectivity index (χ4n) is 2.20. The summed E-state index contributed by atoms with van der Waals surface area (Å²) in [5, 5.41) is 5.50. The predicted molar refractivity (Wildman–Crippen MR) is 92.0 cm³/mol. The van der Waals surface area contributed by atoms with Crippen molar-refractivity contribution in [3.8, 4) is 11.3 Å². The molecule has 0 spiro atoms. The van der Waals surface area contributed by atoms with Crippen molar-refractivity contribution in [2.24, 2.45) is 0 Å². The summed E-state index contributed by atoms with van der Waals surface area (Å²) in [5.74, 6) is 0.486. The molecule has 1 aliphatic rings. The monoisotopic (exact) mass is 342 g/mol. The van der Waals surface area contributed by atoms with E-state index in [1.807, 2.05) is 0 Å². The Kier molecular flexibility index (Phi) is 4.43. The Morgan fingerprint density at radius 2 is 1.96 bits per heavy atom. The average molecular weight is 342 g/mol. The van der Waals surface area contributed by atoms with Crippen LogP contribution in [0.5, 0.6) is 0 Å². The lowest BCUT2D eigenvalue weighted by Crippen LogP contribution is -2.21. The van der Waals surface area contributed by atoms with Crippen LogP contribution in [-0.4, -0.2) is 23.6 Å². The van der Waals surface area contributed by atoms with Gasteiger partial charge in [0.05, 0.1) is 12.2 Å². The highest BCUT2D eigenvalue weighted by Crippen LogP contribution is 2.24. The van der Waals surface area contributed by atoms with Crippen LogP contribution in [0.3, 0.4) is 0 Å². The van der Waals surface area contributed by atoms with E-state index >= 15 is 0 Å². The van der Waals surface area contributed by atoms with E-state index in [0.29, 0.717) is 29.4 Å². The van der Waals surface area contributed by atoms with Crippen molar-refractivity contribution in [2.75, 3.05) is 6.61 Å². The quantitative estimate of drug-likeness (QED) is 0.505. The molecule has 0 atom stereocenters. The first-order chi connectivity index (χ1) is 11.6. The number of esters is 1. The van der Waals surface area contributed by atoms with Crippen molar-refractivity contribution in [3.63, 3.8) is 0 Å². The minimum atomic E-state index is -0.358. The Morgan fingerprint density at radius 3 is 2.58 bits per heavy atom. The molecule has 1 aromatic heterocycles. The van der Waals surface area contributed by atoms with E-state index in [-0.39, 0.29) is 17.0 Å². The van der Waals surface area contributed by atoms with E-state index in [9.17, 15) is 9.59 Å². The highest BCUT2D eigenvalue weighted by Gasteiger charge is 2.20. The molecule has 2 aromatic rings. The third kappa shape index (κ3) is 3.36. The van der Waals surface area contributed by atoms with Crippen LogP contribution >= 0.6 is 12.2 Å². The minimum Gasteiger partial charge on any atom is -0.462 e. The molecular formula is C17H14N2O4S. The maximum absolute atomic E-state index is 11.6. The number of nitrogens with one attached hydrogen (secondary N) is 2. The van der Waals surface area contributed by atoms with Gasteiger partial charge in [-0.15, -0.1) is 0 Å². The molecule has 1 amide bonds. The second kappa shape index (κ2) is 6.67. The van der Waals surface area contributed by atoms with Crippen LogP contribution < -0.4 is 10.6 Å². The lowest BCUT2D eigenvalue weighted by molar-refractivity contribution is -0.115. The molecule has 7 heteroatoms. The summed E-state index contributed by atoms with van der Waals surface area (Å²) in [5.41, 5.74) is 1.63. The third-order valence-corrected chi connectivity index (χ3v) is 3.52. The maximum atomic E-state index is 11.6.